The Morgan fingerprint density at radius 1 is 1.24 bits per heavy atom. The number of fused-ring (bicyclic) bond motifs is 2. The molecule has 0 bridgehead atoms. The smallest absolute Gasteiger partial charge is 0.270 e. The normalized spacial score (nSPS) is 16.2. The summed E-state index contributed by atoms with van der Waals surface area (Å²) in [5.74, 6) is 0.857. The van der Waals surface area contributed by atoms with Crippen molar-refractivity contribution in [3.05, 3.63) is 34.0 Å². The summed E-state index contributed by atoms with van der Waals surface area (Å²) in [4.78, 5) is 12.4. The van der Waals surface area contributed by atoms with E-state index in [0.717, 1.165) is 12.3 Å². The Balaban J connectivity index is 1.69. The minimum Gasteiger partial charge on any atom is -0.435 e. The second kappa shape index (κ2) is 4.98. The van der Waals surface area contributed by atoms with Gasteiger partial charge in [-0.2, -0.15) is 5.21 Å². The Labute approximate surface area is 121 Å². The Morgan fingerprint density at radius 2 is 2.10 bits per heavy atom. The van der Waals surface area contributed by atoms with Gasteiger partial charge in [0, 0.05) is 0 Å². The number of aromatic nitrogens is 3. The van der Waals surface area contributed by atoms with Gasteiger partial charge in [-0.15, -0.1) is 10.2 Å². The van der Waals surface area contributed by atoms with Crippen LogP contribution < -0.4 is 5.43 Å². The van der Waals surface area contributed by atoms with Gasteiger partial charge in [-0.3, -0.25) is 4.79 Å². The molecule has 0 saturated heterocycles. The maximum atomic E-state index is 12.4. The standard InChI is InChI=1S/C16H17N3O2/c20-15-12-9-11(6-5-10-3-1-2-4-10)7-8-13(12)21-16-14(15)17-19-18-16/h7-10H,1-6H2,(H,17,18,19). The molecule has 0 amide bonds. The molecule has 1 N–H and O–H groups in total. The predicted octanol–water partition coefficient (Wildman–Crippen LogP) is 3.19. The van der Waals surface area contributed by atoms with E-state index in [4.69, 9.17) is 4.42 Å². The number of nitrogens with zero attached hydrogens (tertiary/aromatic N) is 2. The van der Waals surface area contributed by atoms with Gasteiger partial charge < -0.3 is 4.42 Å². The Hall–Kier alpha value is -2.17. The van der Waals surface area contributed by atoms with Gasteiger partial charge >= 0.3 is 0 Å². The number of benzene rings is 1. The molecule has 4 rings (SSSR count). The van der Waals surface area contributed by atoms with Crippen LogP contribution in [0.25, 0.3) is 22.2 Å². The van der Waals surface area contributed by atoms with E-state index < -0.39 is 0 Å². The van der Waals surface area contributed by atoms with Crippen molar-refractivity contribution in [3.63, 3.8) is 0 Å². The van der Waals surface area contributed by atoms with E-state index in [1.54, 1.807) is 0 Å². The molecule has 1 fully saturated rings. The van der Waals surface area contributed by atoms with Crippen molar-refractivity contribution in [2.45, 2.75) is 38.5 Å². The van der Waals surface area contributed by atoms with E-state index in [9.17, 15) is 4.79 Å². The van der Waals surface area contributed by atoms with Crippen LogP contribution in [-0.4, -0.2) is 15.4 Å². The molecule has 0 aliphatic heterocycles. The quantitative estimate of drug-likeness (QED) is 0.801. The van der Waals surface area contributed by atoms with E-state index in [0.29, 0.717) is 11.0 Å². The zero-order valence-corrected chi connectivity index (χ0v) is 11.8. The summed E-state index contributed by atoms with van der Waals surface area (Å²) < 4.78 is 5.60. The fourth-order valence-electron chi connectivity index (χ4n) is 3.34. The largest absolute Gasteiger partial charge is 0.435 e. The number of H-pyrrole nitrogens is 1. The minimum absolute atomic E-state index is 0.109. The minimum atomic E-state index is -0.109. The van der Waals surface area contributed by atoms with Crippen molar-refractivity contribution in [2.24, 2.45) is 5.92 Å². The monoisotopic (exact) mass is 283 g/mol. The number of aryl methyl sites for hydroxylation is 1. The van der Waals surface area contributed by atoms with Crippen LogP contribution in [0.3, 0.4) is 0 Å². The first kappa shape index (κ1) is 12.6. The third kappa shape index (κ3) is 2.22. The third-order valence-electron chi connectivity index (χ3n) is 4.54. The highest BCUT2D eigenvalue weighted by Gasteiger charge is 2.15. The molecule has 0 radical (unpaired) electrons. The maximum absolute atomic E-state index is 12.4. The molecule has 108 valence electrons. The van der Waals surface area contributed by atoms with Gasteiger partial charge in [0.05, 0.1) is 5.39 Å². The summed E-state index contributed by atoms with van der Waals surface area (Å²) in [5.41, 5.74) is 2.21. The van der Waals surface area contributed by atoms with Gasteiger partial charge in [0.1, 0.15) is 5.58 Å². The topological polar surface area (TPSA) is 71.8 Å². The zero-order chi connectivity index (χ0) is 14.2. The fraction of sp³-hybridized carbons (Fsp3) is 0.438. The Morgan fingerprint density at radius 3 is 2.95 bits per heavy atom. The van der Waals surface area contributed by atoms with Crippen LogP contribution in [0.1, 0.15) is 37.7 Å². The molecule has 5 nitrogen and oxygen atoms in total. The first-order valence-electron chi connectivity index (χ1n) is 7.57. The van der Waals surface area contributed by atoms with Crippen molar-refractivity contribution in [2.75, 3.05) is 0 Å². The fourth-order valence-corrected chi connectivity index (χ4v) is 3.34. The third-order valence-corrected chi connectivity index (χ3v) is 4.54. The Kier molecular flexibility index (Phi) is 2.98. The summed E-state index contributed by atoms with van der Waals surface area (Å²) in [6.07, 6.45) is 7.69. The van der Waals surface area contributed by atoms with Crippen molar-refractivity contribution >= 4 is 22.2 Å². The molecule has 2 aromatic heterocycles. The Bertz CT molecular complexity index is 843. The molecule has 0 unspecified atom stereocenters. The van der Waals surface area contributed by atoms with Gasteiger partial charge in [-0.05, 0) is 36.5 Å². The second-order valence-electron chi connectivity index (χ2n) is 5.93. The lowest BCUT2D eigenvalue weighted by Crippen LogP contribution is -2.03. The SMILES string of the molecule is O=c1c2cc(CCC3CCCC3)ccc2oc2n[nH]nc12. The van der Waals surface area contributed by atoms with E-state index in [2.05, 4.69) is 15.4 Å². The van der Waals surface area contributed by atoms with E-state index in [-0.39, 0.29) is 16.7 Å². The van der Waals surface area contributed by atoms with Crippen LogP contribution >= 0.6 is 0 Å². The van der Waals surface area contributed by atoms with Crippen LogP contribution in [0.2, 0.25) is 0 Å². The summed E-state index contributed by atoms with van der Waals surface area (Å²) >= 11 is 0. The first-order chi connectivity index (χ1) is 10.3. The number of aromatic amines is 1. The summed E-state index contributed by atoms with van der Waals surface area (Å²) in [7, 11) is 0. The van der Waals surface area contributed by atoms with Crippen LogP contribution in [0.5, 0.6) is 0 Å². The van der Waals surface area contributed by atoms with Gasteiger partial charge in [0.15, 0.2) is 5.52 Å². The molecule has 21 heavy (non-hydrogen) atoms. The lowest BCUT2D eigenvalue weighted by molar-refractivity contribution is 0.504. The highest BCUT2D eigenvalue weighted by molar-refractivity contribution is 5.86. The molecular formula is C16H17N3O2. The van der Waals surface area contributed by atoms with Crippen LogP contribution in [-0.2, 0) is 6.42 Å². The predicted molar refractivity (Wildman–Crippen MR) is 80.2 cm³/mol. The molecule has 2 heterocycles. The molecular weight excluding hydrogens is 266 g/mol. The van der Waals surface area contributed by atoms with Crippen molar-refractivity contribution in [3.8, 4) is 0 Å². The van der Waals surface area contributed by atoms with Gasteiger partial charge in [-0.25, -0.2) is 0 Å². The van der Waals surface area contributed by atoms with Gasteiger partial charge in [0.2, 0.25) is 5.43 Å². The van der Waals surface area contributed by atoms with Crippen LogP contribution in [0.15, 0.2) is 27.4 Å². The number of hydrogen-bond donors (Lipinski definition) is 1. The van der Waals surface area contributed by atoms with Crippen molar-refractivity contribution < 1.29 is 4.42 Å². The van der Waals surface area contributed by atoms with Crippen molar-refractivity contribution in [1.82, 2.24) is 15.4 Å². The van der Waals surface area contributed by atoms with E-state index in [1.807, 2.05) is 18.2 Å². The lowest BCUT2D eigenvalue weighted by Gasteiger charge is -2.08. The first-order valence-corrected chi connectivity index (χ1v) is 7.57. The molecule has 1 aliphatic rings. The molecule has 5 heteroatoms. The highest BCUT2D eigenvalue weighted by atomic mass is 16.3. The molecule has 1 aliphatic carbocycles. The van der Waals surface area contributed by atoms with Crippen LogP contribution in [0.4, 0.5) is 0 Å². The summed E-state index contributed by atoms with van der Waals surface area (Å²) in [5, 5.41) is 10.7. The van der Waals surface area contributed by atoms with Crippen LogP contribution in [0, 0.1) is 5.92 Å². The number of nitrogens with one attached hydrogen (secondary N) is 1. The van der Waals surface area contributed by atoms with E-state index >= 15 is 0 Å². The zero-order valence-electron chi connectivity index (χ0n) is 11.8. The lowest BCUT2D eigenvalue weighted by atomic mass is 9.97. The summed E-state index contributed by atoms with van der Waals surface area (Å²) in [6.45, 7) is 0. The van der Waals surface area contributed by atoms with E-state index in [1.165, 1.54) is 37.7 Å². The second-order valence-corrected chi connectivity index (χ2v) is 5.93. The molecule has 1 saturated carbocycles. The number of rotatable bonds is 3. The maximum Gasteiger partial charge on any atom is 0.270 e. The summed E-state index contributed by atoms with van der Waals surface area (Å²) in [6, 6.07) is 5.87. The number of hydrogen-bond acceptors (Lipinski definition) is 4. The van der Waals surface area contributed by atoms with Crippen molar-refractivity contribution in [1.29, 1.82) is 0 Å². The van der Waals surface area contributed by atoms with Gasteiger partial charge in [0.25, 0.3) is 5.71 Å². The molecule has 3 aromatic rings. The highest BCUT2D eigenvalue weighted by Crippen LogP contribution is 2.29. The molecule has 0 spiro atoms. The average molecular weight is 283 g/mol. The average Bonchev–Trinajstić information content (AvgIpc) is 3.17. The van der Waals surface area contributed by atoms with Gasteiger partial charge in [-0.1, -0.05) is 31.7 Å². The molecule has 0 atom stereocenters. The molecule has 1 aromatic carbocycles.